The number of rotatable bonds is 12. The molecule has 0 aliphatic carbocycles. The van der Waals surface area contributed by atoms with Crippen molar-refractivity contribution in [1.29, 1.82) is 0 Å². The molecular formula is C26H35N5O5S. The van der Waals surface area contributed by atoms with Gasteiger partial charge in [-0.25, -0.2) is 4.98 Å². The molecule has 2 aromatic heterocycles. The molecule has 0 bridgehead atoms. The first-order valence-electron chi connectivity index (χ1n) is 12.2. The van der Waals surface area contributed by atoms with Crippen molar-refractivity contribution in [1.82, 2.24) is 20.5 Å². The maximum Gasteiger partial charge on any atom is 0.305 e. The van der Waals surface area contributed by atoms with Gasteiger partial charge in [0.25, 0.3) is 11.8 Å². The molecule has 0 spiro atoms. The lowest BCUT2D eigenvalue weighted by Crippen LogP contribution is -2.33. The number of carbonyl (C=O) groups is 3. The van der Waals surface area contributed by atoms with Crippen LogP contribution in [0.1, 0.15) is 67.5 Å². The number of nitrogens with two attached hydrogens (primary N) is 1. The molecule has 11 heteroatoms. The highest BCUT2D eigenvalue weighted by molar-refractivity contribution is 7.98. The number of thioether (sulfide) groups is 1. The third-order valence-electron chi connectivity index (χ3n) is 5.33. The van der Waals surface area contributed by atoms with Crippen LogP contribution in [0.25, 0.3) is 22.7 Å². The molecule has 37 heavy (non-hydrogen) atoms. The highest BCUT2D eigenvalue weighted by Gasteiger charge is 2.15. The van der Waals surface area contributed by atoms with Gasteiger partial charge in [-0.1, -0.05) is 26.0 Å². The van der Waals surface area contributed by atoms with Crippen LogP contribution in [-0.4, -0.2) is 57.6 Å². The van der Waals surface area contributed by atoms with Gasteiger partial charge in [-0.15, -0.1) is 0 Å². The van der Waals surface area contributed by atoms with Crippen LogP contribution in [0.2, 0.25) is 0 Å². The van der Waals surface area contributed by atoms with E-state index in [1.807, 2.05) is 45.2 Å². The molecule has 4 N–H and O–H groups in total. The molecule has 200 valence electrons. The van der Waals surface area contributed by atoms with Crippen LogP contribution in [0, 0.1) is 0 Å². The van der Waals surface area contributed by atoms with Gasteiger partial charge in [0.15, 0.2) is 0 Å². The number of amides is 2. The van der Waals surface area contributed by atoms with E-state index in [1.165, 1.54) is 6.20 Å². The largest absolute Gasteiger partial charge is 0.466 e. The van der Waals surface area contributed by atoms with E-state index in [4.69, 9.17) is 14.9 Å². The summed E-state index contributed by atoms with van der Waals surface area (Å²) in [5, 5.41) is 9.97. The van der Waals surface area contributed by atoms with Crippen LogP contribution < -0.4 is 11.1 Å². The summed E-state index contributed by atoms with van der Waals surface area (Å²) in [6, 6.07) is 9.12. The number of hydrogen-bond acceptors (Lipinski definition) is 8. The van der Waals surface area contributed by atoms with Gasteiger partial charge in [0.2, 0.25) is 11.7 Å². The topological polar surface area (TPSA) is 153 Å². The first kappa shape index (κ1) is 29.6. The second kappa shape index (κ2) is 15.5. The second-order valence-corrected chi connectivity index (χ2v) is 9.02. The summed E-state index contributed by atoms with van der Waals surface area (Å²) >= 11 is 1.75. The summed E-state index contributed by atoms with van der Waals surface area (Å²) in [5.41, 5.74) is 7.66. The van der Waals surface area contributed by atoms with Crippen molar-refractivity contribution in [2.24, 2.45) is 5.73 Å². The molecule has 10 nitrogen and oxygen atoms in total. The van der Waals surface area contributed by atoms with Gasteiger partial charge in [0, 0.05) is 23.6 Å². The number of nitrogens with one attached hydrogen (secondary N) is 2. The van der Waals surface area contributed by atoms with Crippen molar-refractivity contribution >= 4 is 29.5 Å². The third-order valence-corrected chi connectivity index (χ3v) is 6.03. The Morgan fingerprint density at radius 3 is 2.51 bits per heavy atom. The van der Waals surface area contributed by atoms with Crippen LogP contribution in [-0.2, 0) is 9.53 Å². The van der Waals surface area contributed by atoms with Gasteiger partial charge >= 0.3 is 5.97 Å². The Labute approximate surface area is 221 Å². The SMILES string of the molecule is CCC(CC)NC(=O)c1cc(-c2cccc(-c3ncc(C(N)=O)o3)c2)n[nH]1.CCOC(=O)CCCSC. The lowest BCUT2D eigenvalue weighted by Gasteiger charge is -2.13. The van der Waals surface area contributed by atoms with E-state index in [2.05, 4.69) is 20.5 Å². The number of aromatic nitrogens is 3. The van der Waals surface area contributed by atoms with E-state index in [0.29, 0.717) is 30.0 Å². The molecule has 3 rings (SSSR count). The van der Waals surface area contributed by atoms with Crippen molar-refractivity contribution in [2.75, 3.05) is 18.6 Å². The number of hydrogen-bond donors (Lipinski definition) is 3. The molecule has 0 unspecified atom stereocenters. The number of oxazole rings is 1. The number of primary amides is 1. The second-order valence-electron chi connectivity index (χ2n) is 8.03. The lowest BCUT2D eigenvalue weighted by atomic mass is 10.1. The lowest BCUT2D eigenvalue weighted by molar-refractivity contribution is -0.143. The van der Waals surface area contributed by atoms with E-state index < -0.39 is 5.91 Å². The minimum Gasteiger partial charge on any atom is -0.466 e. The normalized spacial score (nSPS) is 10.5. The molecule has 2 heterocycles. The van der Waals surface area contributed by atoms with Crippen LogP contribution in [0.3, 0.4) is 0 Å². The fourth-order valence-corrected chi connectivity index (χ4v) is 3.70. The summed E-state index contributed by atoms with van der Waals surface area (Å²) in [6.45, 7) is 6.39. The van der Waals surface area contributed by atoms with E-state index in [1.54, 1.807) is 23.9 Å². The number of ether oxygens (including phenoxy) is 1. The van der Waals surface area contributed by atoms with Crippen molar-refractivity contribution in [3.05, 3.63) is 48.0 Å². The van der Waals surface area contributed by atoms with Crippen LogP contribution in [0.4, 0.5) is 0 Å². The minimum atomic E-state index is -0.676. The van der Waals surface area contributed by atoms with Gasteiger partial charge in [-0.2, -0.15) is 16.9 Å². The zero-order valence-corrected chi connectivity index (χ0v) is 22.5. The Balaban J connectivity index is 0.000000410. The first-order chi connectivity index (χ1) is 17.8. The average molecular weight is 530 g/mol. The Morgan fingerprint density at radius 2 is 1.89 bits per heavy atom. The summed E-state index contributed by atoms with van der Waals surface area (Å²) < 4.78 is 10.1. The number of benzene rings is 1. The predicted molar refractivity (Wildman–Crippen MR) is 144 cm³/mol. The zero-order chi connectivity index (χ0) is 27.2. The minimum absolute atomic E-state index is 0.00414. The molecule has 0 atom stereocenters. The van der Waals surface area contributed by atoms with Gasteiger partial charge < -0.3 is 20.2 Å². The zero-order valence-electron chi connectivity index (χ0n) is 21.7. The molecular weight excluding hydrogens is 494 g/mol. The van der Waals surface area contributed by atoms with E-state index in [0.717, 1.165) is 30.6 Å². The summed E-state index contributed by atoms with van der Waals surface area (Å²) in [7, 11) is 0. The monoisotopic (exact) mass is 529 g/mol. The van der Waals surface area contributed by atoms with Crippen LogP contribution in [0.15, 0.2) is 40.9 Å². The predicted octanol–water partition coefficient (Wildman–Crippen LogP) is 4.44. The molecule has 0 saturated carbocycles. The highest BCUT2D eigenvalue weighted by atomic mass is 32.2. The van der Waals surface area contributed by atoms with E-state index >= 15 is 0 Å². The summed E-state index contributed by atoms with van der Waals surface area (Å²) in [4.78, 5) is 38.2. The fourth-order valence-electron chi connectivity index (χ4n) is 3.27. The summed E-state index contributed by atoms with van der Waals surface area (Å²) in [6.07, 6.45) is 6.56. The first-order valence-corrected chi connectivity index (χ1v) is 13.6. The number of H-pyrrole nitrogens is 1. The standard InChI is InChI=1S/C19H21N5O3.C7H14O2S/c1-3-13(4-2)22-18(26)15-9-14(23-24-15)11-6-5-7-12(8-11)19-21-10-16(27-19)17(20)25;1-3-9-7(8)5-4-6-10-2/h5-10,13H,3-4H2,1-2H3,(H2,20,25)(H,22,26)(H,23,24);3-6H2,1-2H3. The molecule has 3 aromatic rings. The van der Waals surface area contributed by atoms with E-state index in [-0.39, 0.29) is 29.6 Å². The Hall–Kier alpha value is -3.60. The molecule has 2 amide bonds. The molecule has 0 aliphatic rings. The Bertz CT molecular complexity index is 1160. The van der Waals surface area contributed by atoms with Gasteiger partial charge in [0.05, 0.1) is 18.5 Å². The quantitative estimate of drug-likeness (QED) is 0.230. The van der Waals surface area contributed by atoms with Crippen LogP contribution >= 0.6 is 11.8 Å². The van der Waals surface area contributed by atoms with Gasteiger partial charge in [-0.05, 0) is 56.4 Å². The van der Waals surface area contributed by atoms with Crippen LogP contribution in [0.5, 0.6) is 0 Å². The fraction of sp³-hybridized carbons (Fsp3) is 0.423. The third kappa shape index (κ3) is 9.41. The maximum absolute atomic E-state index is 12.3. The van der Waals surface area contributed by atoms with Crippen molar-refractivity contribution < 1.29 is 23.5 Å². The van der Waals surface area contributed by atoms with Gasteiger partial charge in [0.1, 0.15) is 5.69 Å². The van der Waals surface area contributed by atoms with E-state index in [9.17, 15) is 14.4 Å². The molecule has 0 saturated heterocycles. The summed E-state index contributed by atoms with van der Waals surface area (Å²) in [5.74, 6) is 0.390. The maximum atomic E-state index is 12.3. The molecule has 0 fully saturated rings. The number of nitrogens with zero attached hydrogens (tertiary/aromatic N) is 2. The highest BCUT2D eigenvalue weighted by Crippen LogP contribution is 2.25. The number of carbonyl (C=O) groups excluding carboxylic acids is 3. The van der Waals surface area contributed by atoms with Gasteiger partial charge in [-0.3, -0.25) is 19.5 Å². The van der Waals surface area contributed by atoms with Crippen molar-refractivity contribution in [2.45, 2.75) is 52.5 Å². The smallest absolute Gasteiger partial charge is 0.305 e. The Morgan fingerprint density at radius 1 is 1.16 bits per heavy atom. The molecule has 0 radical (unpaired) electrons. The Kier molecular flexibility index (Phi) is 12.4. The number of esters is 1. The molecule has 0 aliphatic heterocycles. The number of aromatic amines is 1. The van der Waals surface area contributed by atoms with Crippen molar-refractivity contribution in [3.8, 4) is 22.7 Å². The molecule has 1 aromatic carbocycles. The van der Waals surface area contributed by atoms with Crippen molar-refractivity contribution in [3.63, 3.8) is 0 Å². The average Bonchev–Trinajstić information content (AvgIpc) is 3.59.